The molecular weight excluding hydrogens is 274 g/mol. The van der Waals surface area contributed by atoms with Crippen molar-refractivity contribution in [1.29, 1.82) is 0 Å². The summed E-state index contributed by atoms with van der Waals surface area (Å²) >= 11 is 1.24. The number of aromatic nitrogens is 2. The summed E-state index contributed by atoms with van der Waals surface area (Å²) in [6.45, 7) is 1.47. The highest BCUT2D eigenvalue weighted by molar-refractivity contribution is 7.99. The van der Waals surface area contributed by atoms with Gasteiger partial charge in [0.1, 0.15) is 0 Å². The fourth-order valence-corrected chi connectivity index (χ4v) is 2.18. The lowest BCUT2D eigenvalue weighted by atomic mass is 10.1. The third-order valence-electron chi connectivity index (χ3n) is 2.45. The first-order chi connectivity index (χ1) is 9.66. The van der Waals surface area contributed by atoms with E-state index in [9.17, 15) is 9.59 Å². The molecule has 1 heterocycles. The van der Waals surface area contributed by atoms with Crippen LogP contribution in [0.2, 0.25) is 0 Å². The van der Waals surface area contributed by atoms with E-state index in [1.165, 1.54) is 18.7 Å². The molecule has 0 saturated carbocycles. The lowest BCUT2D eigenvalue weighted by molar-refractivity contribution is -0.113. The van der Waals surface area contributed by atoms with Gasteiger partial charge in [0, 0.05) is 18.0 Å². The lowest BCUT2D eigenvalue weighted by Crippen LogP contribution is -2.16. The second-order valence-corrected chi connectivity index (χ2v) is 4.91. The van der Waals surface area contributed by atoms with Crippen molar-refractivity contribution in [2.24, 2.45) is 0 Å². The highest BCUT2D eigenvalue weighted by Gasteiger charge is 2.10. The number of rotatable bonds is 5. The number of anilines is 1. The normalized spacial score (nSPS) is 10.1. The topological polar surface area (TPSA) is 72.0 Å². The van der Waals surface area contributed by atoms with Crippen LogP contribution in [0.1, 0.15) is 17.3 Å². The molecule has 0 saturated heterocycles. The Morgan fingerprint density at radius 2 is 1.85 bits per heavy atom. The fraction of sp³-hybridized carbons (Fsp3) is 0.143. The quantitative estimate of drug-likeness (QED) is 0.519. The zero-order chi connectivity index (χ0) is 14.4. The first-order valence-corrected chi connectivity index (χ1v) is 6.95. The number of Topliss-reactive ketones (excluding diaryl/α,β-unsaturated/α-hetero) is 1. The molecule has 0 atom stereocenters. The number of nitrogens with zero attached hydrogens (tertiary/aromatic N) is 2. The number of amides is 1. The third kappa shape index (κ3) is 3.89. The molecule has 0 aliphatic rings. The molecule has 5 nitrogen and oxygen atoms in total. The Morgan fingerprint density at radius 1 is 1.15 bits per heavy atom. The van der Waals surface area contributed by atoms with Gasteiger partial charge in [0.25, 0.3) is 0 Å². The molecule has 1 N–H and O–H groups in total. The van der Waals surface area contributed by atoms with Crippen molar-refractivity contribution in [3.8, 4) is 0 Å². The second-order valence-electron chi connectivity index (χ2n) is 3.97. The molecule has 2 aromatic rings. The second kappa shape index (κ2) is 6.81. The predicted molar refractivity (Wildman–Crippen MR) is 77.8 cm³/mol. The van der Waals surface area contributed by atoms with Gasteiger partial charge < -0.3 is 5.32 Å². The first-order valence-electron chi connectivity index (χ1n) is 5.96. The molecule has 0 aliphatic heterocycles. The number of carbonyl (C=O) groups excluding carboxylic acids is 2. The number of nitrogens with one attached hydrogen (secondary N) is 1. The lowest BCUT2D eigenvalue weighted by Gasteiger charge is -2.08. The summed E-state index contributed by atoms with van der Waals surface area (Å²) in [6, 6.07) is 8.64. The van der Waals surface area contributed by atoms with Gasteiger partial charge in [-0.2, -0.15) is 0 Å². The fourth-order valence-electron chi connectivity index (χ4n) is 1.58. The Morgan fingerprint density at radius 3 is 2.55 bits per heavy atom. The van der Waals surface area contributed by atoms with Gasteiger partial charge in [0.2, 0.25) is 5.91 Å². The molecule has 1 amide bonds. The van der Waals surface area contributed by atoms with Crippen LogP contribution >= 0.6 is 11.8 Å². The van der Waals surface area contributed by atoms with Crippen LogP contribution in [0.25, 0.3) is 0 Å². The van der Waals surface area contributed by atoms with Crippen molar-refractivity contribution in [3.05, 3.63) is 48.3 Å². The van der Waals surface area contributed by atoms with E-state index in [-0.39, 0.29) is 17.4 Å². The predicted octanol–water partition coefficient (Wildman–Crippen LogP) is 2.41. The minimum Gasteiger partial charge on any atom is -0.325 e. The van der Waals surface area contributed by atoms with Gasteiger partial charge in [-0.05, 0) is 25.1 Å². The van der Waals surface area contributed by atoms with Crippen LogP contribution in [0.3, 0.4) is 0 Å². The molecule has 1 aromatic heterocycles. The van der Waals surface area contributed by atoms with E-state index in [4.69, 9.17) is 0 Å². The third-order valence-corrected chi connectivity index (χ3v) is 3.33. The van der Waals surface area contributed by atoms with Crippen LogP contribution in [0.15, 0.2) is 47.9 Å². The Bertz CT molecular complexity index is 617. The minimum atomic E-state index is -0.198. The van der Waals surface area contributed by atoms with Crippen molar-refractivity contribution < 1.29 is 9.59 Å². The van der Waals surface area contributed by atoms with Crippen LogP contribution in [0, 0.1) is 0 Å². The summed E-state index contributed by atoms with van der Waals surface area (Å²) in [5, 5.41) is 3.27. The van der Waals surface area contributed by atoms with E-state index in [1.54, 1.807) is 42.7 Å². The van der Waals surface area contributed by atoms with E-state index >= 15 is 0 Å². The maximum absolute atomic E-state index is 11.9. The smallest absolute Gasteiger partial charge is 0.234 e. The summed E-state index contributed by atoms with van der Waals surface area (Å²) in [6.07, 6.45) is 3.25. The average molecular weight is 287 g/mol. The van der Waals surface area contributed by atoms with E-state index in [0.717, 1.165) is 0 Å². The molecule has 6 heteroatoms. The standard InChI is InChI=1S/C14H13N3O2S/c1-10(18)11-5-2-3-6-12(11)17-13(19)9-20-14-15-7-4-8-16-14/h2-8H,9H2,1H3,(H,17,19). The zero-order valence-corrected chi connectivity index (χ0v) is 11.7. The SMILES string of the molecule is CC(=O)c1ccccc1NC(=O)CSc1ncccn1. The van der Waals surface area contributed by atoms with Gasteiger partial charge in [-0.15, -0.1) is 0 Å². The molecule has 102 valence electrons. The summed E-state index contributed by atoms with van der Waals surface area (Å²) in [4.78, 5) is 31.4. The number of carbonyl (C=O) groups is 2. The number of thioether (sulfide) groups is 1. The molecule has 0 aliphatic carbocycles. The Hall–Kier alpha value is -2.21. The maximum Gasteiger partial charge on any atom is 0.234 e. The van der Waals surface area contributed by atoms with Gasteiger partial charge in [0.05, 0.1) is 11.4 Å². The summed E-state index contributed by atoms with van der Waals surface area (Å²) < 4.78 is 0. The largest absolute Gasteiger partial charge is 0.325 e. The van der Waals surface area contributed by atoms with E-state index < -0.39 is 0 Å². The van der Waals surface area contributed by atoms with Crippen LogP contribution in [0.4, 0.5) is 5.69 Å². The van der Waals surface area contributed by atoms with Crippen molar-refractivity contribution in [3.63, 3.8) is 0 Å². The van der Waals surface area contributed by atoms with E-state index in [0.29, 0.717) is 16.4 Å². The highest BCUT2D eigenvalue weighted by atomic mass is 32.2. The number of ketones is 1. The van der Waals surface area contributed by atoms with Crippen molar-refractivity contribution in [2.45, 2.75) is 12.1 Å². The summed E-state index contributed by atoms with van der Waals surface area (Å²) in [5.74, 6) is -0.0907. The van der Waals surface area contributed by atoms with E-state index in [1.807, 2.05) is 0 Å². The number of hydrogen-bond donors (Lipinski definition) is 1. The van der Waals surface area contributed by atoms with Crippen molar-refractivity contribution >= 4 is 29.1 Å². The van der Waals surface area contributed by atoms with Gasteiger partial charge in [-0.25, -0.2) is 9.97 Å². The van der Waals surface area contributed by atoms with Crippen LogP contribution in [-0.2, 0) is 4.79 Å². The Labute approximate surface area is 120 Å². The maximum atomic E-state index is 11.9. The number of benzene rings is 1. The Balaban J connectivity index is 1.97. The number of hydrogen-bond acceptors (Lipinski definition) is 5. The van der Waals surface area contributed by atoms with E-state index in [2.05, 4.69) is 15.3 Å². The highest BCUT2D eigenvalue weighted by Crippen LogP contribution is 2.17. The molecule has 0 fully saturated rings. The van der Waals surface area contributed by atoms with Crippen LogP contribution in [-0.4, -0.2) is 27.4 Å². The van der Waals surface area contributed by atoms with Gasteiger partial charge in [0.15, 0.2) is 10.9 Å². The first kappa shape index (κ1) is 14.2. The molecule has 0 unspecified atom stereocenters. The summed E-state index contributed by atoms with van der Waals surface area (Å²) in [7, 11) is 0. The minimum absolute atomic E-state index is 0.0834. The number of para-hydroxylation sites is 1. The molecule has 20 heavy (non-hydrogen) atoms. The average Bonchev–Trinajstić information content (AvgIpc) is 2.46. The molecule has 1 aromatic carbocycles. The molecule has 0 bridgehead atoms. The monoisotopic (exact) mass is 287 g/mol. The molecule has 0 spiro atoms. The van der Waals surface area contributed by atoms with Crippen molar-refractivity contribution in [2.75, 3.05) is 11.1 Å². The Kier molecular flexibility index (Phi) is 4.84. The summed E-state index contributed by atoms with van der Waals surface area (Å²) in [5.41, 5.74) is 1.03. The zero-order valence-electron chi connectivity index (χ0n) is 10.9. The van der Waals surface area contributed by atoms with Crippen molar-refractivity contribution in [1.82, 2.24) is 9.97 Å². The van der Waals surface area contributed by atoms with Gasteiger partial charge in [-0.1, -0.05) is 23.9 Å². The molecular formula is C14H13N3O2S. The van der Waals surface area contributed by atoms with Crippen LogP contribution < -0.4 is 5.32 Å². The van der Waals surface area contributed by atoms with Crippen LogP contribution in [0.5, 0.6) is 0 Å². The molecule has 2 rings (SSSR count). The molecule has 0 radical (unpaired) electrons. The van der Waals surface area contributed by atoms with Gasteiger partial charge in [-0.3, -0.25) is 9.59 Å². The van der Waals surface area contributed by atoms with Gasteiger partial charge >= 0.3 is 0 Å².